The number of carbonyl (C=O) groups is 11. The van der Waals surface area contributed by atoms with Gasteiger partial charge in [0.1, 0.15) is 5.60 Å². The summed E-state index contributed by atoms with van der Waals surface area (Å²) < 4.78 is 0. The van der Waals surface area contributed by atoms with Gasteiger partial charge in [0.05, 0.1) is 55.9 Å². The number of imide groups is 4. The zero-order chi connectivity index (χ0) is 63.2. The fourth-order valence-electron chi connectivity index (χ4n) is 13.3. The van der Waals surface area contributed by atoms with E-state index in [-0.39, 0.29) is 83.9 Å². The number of fused-ring (bicyclic) bond motifs is 6. The maximum atomic E-state index is 14.2. The lowest BCUT2D eigenvalue weighted by Crippen LogP contribution is -2.31. The van der Waals surface area contributed by atoms with Gasteiger partial charge in [-0.15, -0.1) is 0 Å². The molecule has 6 aliphatic heterocycles. The number of anilines is 3. The van der Waals surface area contributed by atoms with Crippen LogP contribution in [-0.4, -0.2) is 106 Å². The van der Waals surface area contributed by atoms with Crippen LogP contribution in [0.3, 0.4) is 0 Å². The van der Waals surface area contributed by atoms with E-state index >= 15 is 0 Å². The smallest absolute Gasteiger partial charge is 0.266 e. The Morgan fingerprint density at radius 3 is 0.978 bits per heavy atom. The molecule has 0 aliphatic carbocycles. The lowest BCUT2D eigenvalue weighted by molar-refractivity contribution is 0.0677. The zero-order valence-corrected chi connectivity index (χ0v) is 48.8. The number of benzene rings is 9. The molecule has 442 valence electrons. The van der Waals surface area contributed by atoms with Crippen LogP contribution in [0, 0.1) is 0 Å². The Labute approximate surface area is 518 Å². The lowest BCUT2D eigenvalue weighted by Gasteiger charge is -2.31. The Morgan fingerprint density at radius 2 is 0.582 bits per heavy atom. The SMILES string of the molecule is CN1Cc2ccc(C(=O)c3ccc4c(c3)CN(c3ccc(C(O)(c5ccc(N6C(=O)c7ccc(C(=O)c8ccc9c(c8)C(=O)N(C)C9=O)cc7C6=O)cc5)c5ccc(N6C(=O)c7ccc(C(=O)c8ccc9c(c8)C(=O)N(C)C9=O)cc7C6=O)cc5)cc3)C4)cc2C1. The van der Waals surface area contributed by atoms with Crippen LogP contribution in [0.1, 0.15) is 170 Å². The number of nitrogens with zero attached hydrogens (tertiary/aromatic N) is 6. The molecule has 0 unspecified atom stereocenters. The first-order chi connectivity index (χ1) is 43.7. The minimum atomic E-state index is -1.98. The summed E-state index contributed by atoms with van der Waals surface area (Å²) >= 11 is 0. The second kappa shape index (κ2) is 20.4. The molecule has 1 N–H and O–H groups in total. The molecule has 0 atom stereocenters. The second-order valence-corrected chi connectivity index (χ2v) is 23.6. The van der Waals surface area contributed by atoms with Gasteiger partial charge in [-0.05, 0) is 143 Å². The predicted octanol–water partition coefficient (Wildman–Crippen LogP) is 9.18. The van der Waals surface area contributed by atoms with Crippen LogP contribution in [0.15, 0.2) is 182 Å². The van der Waals surface area contributed by atoms with Crippen LogP contribution in [0.5, 0.6) is 0 Å². The fourth-order valence-corrected chi connectivity index (χ4v) is 13.3. The van der Waals surface area contributed by atoms with Crippen molar-refractivity contribution in [2.24, 2.45) is 0 Å². The third-order valence-corrected chi connectivity index (χ3v) is 18.3. The molecular weight excluding hydrogens is 1150 g/mol. The van der Waals surface area contributed by atoms with E-state index in [1.807, 2.05) is 48.5 Å². The highest BCUT2D eigenvalue weighted by Gasteiger charge is 2.42. The molecule has 0 saturated carbocycles. The standard InChI is InChI=1S/C73H48N6O12/c1-74-34-44-6-4-38(28-46(44)35-74)62(80)39-5-7-45-36-77(37-47(45)29-39)51-18-12-48(13-19-51)73(91,49-14-20-52(21-15-49)78-69(87)56-26-10-42(32-60(56)71(78)89)63(81)40-8-24-54-58(30-40)67(85)75(2)65(54)83)50-16-22-53(23-17-50)79-70(88)57-27-11-43(33-61(57)72(79)90)64(82)41-9-25-55-59(31-41)68(86)76(3)66(55)84/h4-33,91H,34-37H2,1-3H3. The van der Waals surface area contributed by atoms with E-state index in [0.29, 0.717) is 40.9 Å². The third-order valence-electron chi connectivity index (χ3n) is 18.3. The van der Waals surface area contributed by atoms with E-state index < -0.39 is 64.4 Å². The molecule has 0 bridgehead atoms. The van der Waals surface area contributed by atoms with E-state index in [1.165, 1.54) is 117 Å². The van der Waals surface area contributed by atoms with Crippen molar-refractivity contribution in [2.45, 2.75) is 31.8 Å². The van der Waals surface area contributed by atoms with Crippen LogP contribution in [0.25, 0.3) is 0 Å². The van der Waals surface area contributed by atoms with Gasteiger partial charge in [0.25, 0.3) is 47.3 Å². The molecule has 6 heterocycles. The van der Waals surface area contributed by atoms with E-state index in [2.05, 4.69) is 16.8 Å². The average molecular weight is 1200 g/mol. The Balaban J connectivity index is 0.719. The molecule has 9 aromatic carbocycles. The Hall–Kier alpha value is -11.7. The monoisotopic (exact) mass is 1200 g/mol. The highest BCUT2D eigenvalue weighted by molar-refractivity contribution is 6.36. The minimum absolute atomic E-state index is 0.0320. The van der Waals surface area contributed by atoms with E-state index in [4.69, 9.17) is 0 Å². The number of hydrogen-bond donors (Lipinski definition) is 1. The van der Waals surface area contributed by atoms with Crippen molar-refractivity contribution in [2.75, 3.05) is 35.8 Å². The van der Waals surface area contributed by atoms with Crippen molar-refractivity contribution in [3.63, 3.8) is 0 Å². The number of carbonyl (C=O) groups excluding carboxylic acids is 11. The topological polar surface area (TPSA) is 227 Å². The first kappa shape index (κ1) is 55.8. The van der Waals surface area contributed by atoms with Crippen molar-refractivity contribution in [1.29, 1.82) is 0 Å². The summed E-state index contributed by atoms with van der Waals surface area (Å²) in [7, 11) is 4.75. The number of amides is 8. The van der Waals surface area contributed by atoms with E-state index in [1.54, 1.807) is 36.4 Å². The number of hydrogen-bond acceptors (Lipinski definition) is 14. The maximum absolute atomic E-state index is 14.2. The molecule has 9 aromatic rings. The number of aliphatic hydroxyl groups is 1. The zero-order valence-electron chi connectivity index (χ0n) is 48.8. The predicted molar refractivity (Wildman–Crippen MR) is 331 cm³/mol. The molecule has 18 heteroatoms. The summed E-state index contributed by atoms with van der Waals surface area (Å²) in [5.41, 5.74) is 6.73. The normalized spacial score (nSPS) is 15.7. The number of rotatable bonds is 12. The van der Waals surface area contributed by atoms with Crippen molar-refractivity contribution in [3.05, 3.63) is 299 Å². The number of ketones is 3. The fraction of sp³-hybridized carbons (Fsp3) is 0.110. The van der Waals surface area contributed by atoms with Gasteiger partial charge >= 0.3 is 0 Å². The third kappa shape index (κ3) is 8.59. The highest BCUT2D eigenvalue weighted by atomic mass is 16.3. The summed E-state index contributed by atoms with van der Waals surface area (Å²) in [6.07, 6.45) is 0. The van der Waals surface area contributed by atoms with Crippen LogP contribution in [-0.2, 0) is 31.8 Å². The summed E-state index contributed by atoms with van der Waals surface area (Å²) in [4.78, 5) is 157. The summed E-state index contributed by atoms with van der Waals surface area (Å²) in [5, 5.41) is 13.4. The van der Waals surface area contributed by atoms with Crippen LogP contribution in [0.4, 0.5) is 17.1 Å². The van der Waals surface area contributed by atoms with Crippen molar-refractivity contribution < 1.29 is 57.8 Å². The van der Waals surface area contributed by atoms with Gasteiger partial charge in [-0.25, -0.2) is 9.80 Å². The minimum Gasteiger partial charge on any atom is -0.376 e. The van der Waals surface area contributed by atoms with Gasteiger partial charge in [0, 0.05) is 79.3 Å². The first-order valence-electron chi connectivity index (χ1n) is 29.1. The van der Waals surface area contributed by atoms with E-state index in [0.717, 1.165) is 55.1 Å². The largest absolute Gasteiger partial charge is 0.376 e. The molecule has 0 aromatic heterocycles. The summed E-state index contributed by atoms with van der Waals surface area (Å²) in [6.45, 7) is 2.70. The molecule has 18 nitrogen and oxygen atoms in total. The van der Waals surface area contributed by atoms with Gasteiger partial charge in [-0.2, -0.15) is 0 Å². The van der Waals surface area contributed by atoms with Crippen LogP contribution >= 0.6 is 0 Å². The van der Waals surface area contributed by atoms with Gasteiger partial charge in [0.2, 0.25) is 0 Å². The Bertz CT molecular complexity index is 4700. The first-order valence-corrected chi connectivity index (χ1v) is 29.1. The van der Waals surface area contributed by atoms with Crippen molar-refractivity contribution in [1.82, 2.24) is 14.7 Å². The Kier molecular flexibility index (Phi) is 12.5. The average Bonchev–Trinajstić information content (AvgIpc) is 1.86. The molecule has 91 heavy (non-hydrogen) atoms. The quantitative estimate of drug-likeness (QED) is 0.0684. The van der Waals surface area contributed by atoms with Crippen LogP contribution in [0.2, 0.25) is 0 Å². The van der Waals surface area contributed by atoms with Gasteiger partial charge in [-0.3, -0.25) is 67.4 Å². The molecular formula is C73H48N6O12. The second-order valence-electron chi connectivity index (χ2n) is 23.6. The van der Waals surface area contributed by atoms with Crippen molar-refractivity contribution in [3.8, 4) is 0 Å². The van der Waals surface area contributed by atoms with Crippen molar-refractivity contribution >= 4 is 81.7 Å². The van der Waals surface area contributed by atoms with Gasteiger partial charge in [0.15, 0.2) is 17.3 Å². The lowest BCUT2D eigenvalue weighted by atomic mass is 9.80. The maximum Gasteiger partial charge on any atom is 0.266 e. The summed E-state index contributed by atoms with van der Waals surface area (Å²) in [5.74, 6) is -5.93. The van der Waals surface area contributed by atoms with Gasteiger partial charge < -0.3 is 10.0 Å². The highest BCUT2D eigenvalue weighted by Crippen LogP contribution is 2.42. The molecule has 15 rings (SSSR count). The van der Waals surface area contributed by atoms with E-state index in [9.17, 15) is 57.8 Å². The molecule has 8 amide bonds. The summed E-state index contributed by atoms with van der Waals surface area (Å²) in [6, 6.07) is 48.0. The van der Waals surface area contributed by atoms with Gasteiger partial charge in [-0.1, -0.05) is 84.9 Å². The molecule has 6 aliphatic rings. The molecule has 0 fully saturated rings. The Morgan fingerprint density at radius 1 is 0.308 bits per heavy atom. The van der Waals surface area contributed by atoms with Crippen LogP contribution < -0.4 is 14.7 Å². The molecule has 0 saturated heterocycles. The molecule has 0 spiro atoms. The molecule has 0 radical (unpaired) electrons.